The highest BCUT2D eigenvalue weighted by atomic mass is 19.1. The third-order valence-electron chi connectivity index (χ3n) is 3.70. The summed E-state index contributed by atoms with van der Waals surface area (Å²) < 4.78 is 17.2. The average molecular weight is 325 g/mol. The van der Waals surface area contributed by atoms with Gasteiger partial charge in [0.25, 0.3) is 0 Å². The number of nitrogens with two attached hydrogens (primary N) is 1. The Bertz CT molecular complexity index is 504. The predicted molar refractivity (Wildman–Crippen MR) is 85.2 cm³/mol. The molecule has 0 spiro atoms. The van der Waals surface area contributed by atoms with Gasteiger partial charge >= 0.3 is 5.97 Å². The Balaban J connectivity index is 2.43. The fourth-order valence-corrected chi connectivity index (χ4v) is 2.28. The monoisotopic (exact) mass is 325 g/mol. The molecule has 0 heterocycles. The van der Waals surface area contributed by atoms with Gasteiger partial charge in [0, 0.05) is 0 Å². The Kier molecular flexibility index (Phi) is 8.26. The second-order valence-electron chi connectivity index (χ2n) is 5.56. The highest BCUT2D eigenvalue weighted by molar-refractivity contribution is 5.82. The van der Waals surface area contributed by atoms with E-state index in [0.29, 0.717) is 18.6 Å². The maximum atomic E-state index is 12.0. The molecule has 6 heteroatoms. The molecule has 1 aromatic rings. The van der Waals surface area contributed by atoms with Crippen LogP contribution in [0.5, 0.6) is 5.75 Å². The Morgan fingerprint density at radius 1 is 1.30 bits per heavy atom. The Morgan fingerprint density at radius 3 is 2.48 bits per heavy atom. The Labute approximate surface area is 135 Å². The number of halogens is 1. The van der Waals surface area contributed by atoms with Crippen molar-refractivity contribution in [1.82, 2.24) is 0 Å². The van der Waals surface area contributed by atoms with Crippen molar-refractivity contribution >= 4 is 11.8 Å². The van der Waals surface area contributed by atoms with Gasteiger partial charge in [-0.05, 0) is 50.3 Å². The van der Waals surface area contributed by atoms with Crippen molar-refractivity contribution in [3.63, 3.8) is 0 Å². The summed E-state index contributed by atoms with van der Waals surface area (Å²) in [5, 5.41) is 9.21. The molecule has 0 unspecified atom stereocenters. The smallest absolute Gasteiger partial charge is 0.306 e. The van der Waals surface area contributed by atoms with Crippen LogP contribution in [0.3, 0.4) is 0 Å². The Hall–Kier alpha value is -1.95. The van der Waals surface area contributed by atoms with Gasteiger partial charge in [0.2, 0.25) is 0 Å². The number of alkyl halides is 1. The van der Waals surface area contributed by atoms with Gasteiger partial charge in [0.15, 0.2) is 0 Å². The third-order valence-corrected chi connectivity index (χ3v) is 3.70. The second kappa shape index (κ2) is 9.94. The van der Waals surface area contributed by atoms with Crippen LogP contribution < -0.4 is 10.5 Å². The lowest BCUT2D eigenvalue weighted by Gasteiger charge is -2.15. The van der Waals surface area contributed by atoms with Crippen LogP contribution in [0.25, 0.3) is 0 Å². The lowest BCUT2D eigenvalue weighted by molar-refractivity contribution is -0.142. The molecule has 0 radical (unpaired) electrons. The maximum absolute atomic E-state index is 12.0. The van der Waals surface area contributed by atoms with Gasteiger partial charge in [-0.25, -0.2) is 4.39 Å². The summed E-state index contributed by atoms with van der Waals surface area (Å²) in [6.07, 6.45) is 2.05. The molecule has 0 aliphatic rings. The van der Waals surface area contributed by atoms with Crippen LogP contribution in [0.15, 0.2) is 24.3 Å². The highest BCUT2D eigenvalue weighted by Crippen LogP contribution is 2.18. The van der Waals surface area contributed by atoms with E-state index < -0.39 is 24.6 Å². The number of ketones is 1. The molecule has 0 aliphatic carbocycles. The fraction of sp³-hybridized carbons (Fsp3) is 0.529. The van der Waals surface area contributed by atoms with Gasteiger partial charge in [0.1, 0.15) is 24.8 Å². The minimum absolute atomic E-state index is 0.0377. The number of rotatable bonds is 11. The average Bonchev–Trinajstić information content (AvgIpc) is 2.52. The van der Waals surface area contributed by atoms with E-state index in [0.717, 1.165) is 12.0 Å². The molecule has 0 aliphatic heterocycles. The van der Waals surface area contributed by atoms with Gasteiger partial charge in [-0.3, -0.25) is 9.59 Å². The first-order chi connectivity index (χ1) is 10.9. The van der Waals surface area contributed by atoms with Crippen LogP contribution in [0.1, 0.15) is 31.7 Å². The summed E-state index contributed by atoms with van der Waals surface area (Å²) in [7, 11) is 0. The van der Waals surface area contributed by atoms with Gasteiger partial charge in [-0.1, -0.05) is 12.1 Å². The first kappa shape index (κ1) is 19.1. The molecular weight excluding hydrogens is 301 g/mol. The van der Waals surface area contributed by atoms with Gasteiger partial charge in [-0.15, -0.1) is 0 Å². The predicted octanol–water partition coefficient (Wildman–Crippen LogP) is 2.36. The molecule has 1 rings (SSSR count). The van der Waals surface area contributed by atoms with Crippen LogP contribution in [0.4, 0.5) is 4.39 Å². The number of aryl methyl sites for hydroxylation is 1. The number of hydrogen-bond donors (Lipinski definition) is 2. The maximum Gasteiger partial charge on any atom is 0.306 e. The van der Waals surface area contributed by atoms with E-state index in [1.165, 1.54) is 6.92 Å². The number of ether oxygens (including phenoxy) is 1. The molecule has 128 valence electrons. The molecule has 0 bridgehead atoms. The quantitative estimate of drug-likeness (QED) is 0.652. The number of carbonyl (C=O) groups is 2. The molecule has 0 amide bonds. The second-order valence-corrected chi connectivity index (χ2v) is 5.56. The summed E-state index contributed by atoms with van der Waals surface area (Å²) in [6.45, 7) is 0.882. The Morgan fingerprint density at radius 2 is 1.96 bits per heavy atom. The van der Waals surface area contributed by atoms with E-state index in [2.05, 4.69) is 0 Å². The third kappa shape index (κ3) is 7.23. The molecule has 23 heavy (non-hydrogen) atoms. The van der Waals surface area contributed by atoms with Crippen molar-refractivity contribution in [1.29, 1.82) is 0 Å². The van der Waals surface area contributed by atoms with Gasteiger partial charge in [-0.2, -0.15) is 0 Å². The van der Waals surface area contributed by atoms with E-state index in [9.17, 15) is 19.1 Å². The number of benzene rings is 1. The van der Waals surface area contributed by atoms with Crippen molar-refractivity contribution < 1.29 is 23.8 Å². The van der Waals surface area contributed by atoms with Crippen molar-refractivity contribution in [3.05, 3.63) is 29.8 Å². The van der Waals surface area contributed by atoms with Crippen molar-refractivity contribution in [2.24, 2.45) is 11.7 Å². The van der Waals surface area contributed by atoms with Gasteiger partial charge < -0.3 is 15.6 Å². The van der Waals surface area contributed by atoms with E-state index in [4.69, 9.17) is 10.5 Å². The molecular formula is C17H24FNO4. The van der Waals surface area contributed by atoms with Crippen LogP contribution in [-0.2, 0) is 16.0 Å². The topological polar surface area (TPSA) is 89.6 Å². The van der Waals surface area contributed by atoms with E-state index in [1.54, 1.807) is 12.1 Å². The number of Topliss-reactive ketones (excluding diaryl/α,β-unsaturated/α-hetero) is 1. The summed E-state index contributed by atoms with van der Waals surface area (Å²) in [5.74, 6) is -1.11. The van der Waals surface area contributed by atoms with E-state index in [-0.39, 0.29) is 18.8 Å². The van der Waals surface area contributed by atoms with Crippen LogP contribution in [0.2, 0.25) is 0 Å². The number of carbonyl (C=O) groups excluding carboxylic acids is 1. The van der Waals surface area contributed by atoms with Crippen LogP contribution in [0, 0.1) is 5.92 Å². The van der Waals surface area contributed by atoms with Crippen molar-refractivity contribution in [2.75, 3.05) is 13.3 Å². The summed E-state index contributed by atoms with van der Waals surface area (Å²) in [4.78, 5) is 22.4. The zero-order valence-electron chi connectivity index (χ0n) is 13.3. The van der Waals surface area contributed by atoms with E-state index in [1.807, 2.05) is 12.1 Å². The normalized spacial score (nSPS) is 13.3. The van der Waals surface area contributed by atoms with Crippen LogP contribution >= 0.6 is 0 Å². The van der Waals surface area contributed by atoms with Crippen LogP contribution in [-0.4, -0.2) is 36.2 Å². The molecule has 1 aromatic carbocycles. The minimum Gasteiger partial charge on any atom is -0.491 e. The first-order valence-electron chi connectivity index (χ1n) is 7.70. The number of carboxylic acids is 1. The summed E-state index contributed by atoms with van der Waals surface area (Å²) >= 11 is 0. The standard InChI is InChI=1S/C17H24FNO4/c1-12(20)16(19)11-14(17(21)22)4-2-3-13-5-7-15(8-6-13)23-10-9-18/h5-8,14,16H,2-4,9-11,19H2,1H3,(H,21,22)/t14-,16-/m0/s1. The SMILES string of the molecule is CC(=O)[C@@H](N)C[C@H](CCCc1ccc(OCCF)cc1)C(=O)O. The summed E-state index contributed by atoms with van der Waals surface area (Å²) in [6, 6.07) is 6.58. The van der Waals surface area contributed by atoms with Crippen molar-refractivity contribution in [2.45, 2.75) is 38.6 Å². The van der Waals surface area contributed by atoms with Gasteiger partial charge in [0.05, 0.1) is 12.0 Å². The highest BCUT2D eigenvalue weighted by Gasteiger charge is 2.22. The zero-order chi connectivity index (χ0) is 17.2. The van der Waals surface area contributed by atoms with Crippen molar-refractivity contribution in [3.8, 4) is 5.75 Å². The lowest BCUT2D eigenvalue weighted by atomic mass is 9.92. The molecule has 0 aromatic heterocycles. The molecule has 0 fully saturated rings. The number of carboxylic acid groups (broad SMARTS) is 1. The molecule has 3 N–H and O–H groups in total. The molecule has 5 nitrogen and oxygen atoms in total. The molecule has 2 atom stereocenters. The lowest BCUT2D eigenvalue weighted by Crippen LogP contribution is -2.33. The zero-order valence-corrected chi connectivity index (χ0v) is 13.3. The fourth-order valence-electron chi connectivity index (χ4n) is 2.28. The summed E-state index contributed by atoms with van der Waals surface area (Å²) in [5.41, 5.74) is 6.69. The molecule has 0 saturated carbocycles. The first-order valence-corrected chi connectivity index (χ1v) is 7.70. The minimum atomic E-state index is -0.920. The van der Waals surface area contributed by atoms with E-state index >= 15 is 0 Å². The number of aliphatic carboxylic acids is 1. The molecule has 0 saturated heterocycles. The largest absolute Gasteiger partial charge is 0.491 e. The number of hydrogen-bond acceptors (Lipinski definition) is 4.